The van der Waals surface area contributed by atoms with Gasteiger partial charge in [0.05, 0.1) is 5.69 Å². The molecule has 0 saturated heterocycles. The molecule has 0 radical (unpaired) electrons. The van der Waals surface area contributed by atoms with E-state index in [9.17, 15) is 9.18 Å². The van der Waals surface area contributed by atoms with Gasteiger partial charge in [-0.25, -0.2) is 4.39 Å². The van der Waals surface area contributed by atoms with Crippen LogP contribution in [0.15, 0.2) is 52.9 Å². The Kier molecular flexibility index (Phi) is 3.41. The lowest BCUT2D eigenvalue weighted by atomic mass is 10.2. The van der Waals surface area contributed by atoms with Gasteiger partial charge in [0.15, 0.2) is 5.76 Å². The van der Waals surface area contributed by atoms with E-state index in [1.54, 1.807) is 18.2 Å². The van der Waals surface area contributed by atoms with Gasteiger partial charge in [0.2, 0.25) is 0 Å². The fraction of sp³-hybridized carbons (Fsp3) is 0.0625. The quantitative estimate of drug-likeness (QED) is 0.775. The van der Waals surface area contributed by atoms with Crippen LogP contribution in [0.4, 0.5) is 10.1 Å². The Balaban J connectivity index is 1.85. The number of anilines is 1. The highest BCUT2D eigenvalue weighted by Crippen LogP contribution is 2.21. The lowest BCUT2D eigenvalue weighted by Gasteiger charge is -2.06. The van der Waals surface area contributed by atoms with Crippen LogP contribution in [-0.2, 0) is 6.54 Å². The van der Waals surface area contributed by atoms with Crippen LogP contribution >= 0.6 is 0 Å². The van der Waals surface area contributed by atoms with Gasteiger partial charge in [-0.1, -0.05) is 24.3 Å². The third-order valence-electron chi connectivity index (χ3n) is 3.17. The molecule has 2 aromatic carbocycles. The summed E-state index contributed by atoms with van der Waals surface area (Å²) in [6.07, 6.45) is 0. The summed E-state index contributed by atoms with van der Waals surface area (Å²) < 4.78 is 19.2. The standard InChI is InChI=1S/C16H13FN2O2/c17-12-7-10(9-18)5-6-13(12)19-16(20)15-8-11-3-1-2-4-14(11)21-15/h1-8H,9,18H2,(H,19,20). The summed E-state index contributed by atoms with van der Waals surface area (Å²) in [5.74, 6) is -0.883. The SMILES string of the molecule is NCc1ccc(NC(=O)c2cc3ccccc3o2)c(F)c1. The first-order chi connectivity index (χ1) is 10.2. The number of amides is 1. The second-order valence-corrected chi connectivity index (χ2v) is 4.62. The first-order valence-corrected chi connectivity index (χ1v) is 6.46. The lowest BCUT2D eigenvalue weighted by Crippen LogP contribution is -2.12. The third kappa shape index (κ3) is 2.64. The fourth-order valence-corrected chi connectivity index (χ4v) is 2.06. The van der Waals surface area contributed by atoms with E-state index in [0.29, 0.717) is 11.1 Å². The van der Waals surface area contributed by atoms with Gasteiger partial charge in [-0.05, 0) is 29.8 Å². The molecule has 5 heteroatoms. The Bertz CT molecular complexity index is 778. The molecule has 0 unspecified atom stereocenters. The van der Waals surface area contributed by atoms with Crippen LogP contribution in [0.2, 0.25) is 0 Å². The van der Waals surface area contributed by atoms with Crippen LogP contribution in [-0.4, -0.2) is 5.91 Å². The first-order valence-electron chi connectivity index (χ1n) is 6.46. The van der Waals surface area contributed by atoms with Gasteiger partial charge in [-0.3, -0.25) is 4.79 Å². The minimum absolute atomic E-state index is 0.0951. The minimum atomic E-state index is -0.526. The van der Waals surface area contributed by atoms with E-state index in [4.69, 9.17) is 10.2 Å². The highest BCUT2D eigenvalue weighted by molar-refractivity contribution is 6.04. The molecule has 3 aromatic rings. The summed E-state index contributed by atoms with van der Waals surface area (Å²) in [4.78, 5) is 12.1. The van der Waals surface area contributed by atoms with Crippen molar-refractivity contribution >= 4 is 22.6 Å². The van der Waals surface area contributed by atoms with Crippen molar-refractivity contribution in [1.29, 1.82) is 0 Å². The average Bonchev–Trinajstić information content (AvgIpc) is 2.93. The normalized spacial score (nSPS) is 10.8. The predicted octanol–water partition coefficient (Wildman–Crippen LogP) is 3.28. The number of hydrogen-bond acceptors (Lipinski definition) is 3. The third-order valence-corrected chi connectivity index (χ3v) is 3.17. The van der Waals surface area contributed by atoms with Crippen molar-refractivity contribution in [2.24, 2.45) is 5.73 Å². The van der Waals surface area contributed by atoms with Crippen LogP contribution in [0.1, 0.15) is 16.1 Å². The van der Waals surface area contributed by atoms with E-state index >= 15 is 0 Å². The average molecular weight is 284 g/mol. The molecule has 4 nitrogen and oxygen atoms in total. The molecule has 0 aliphatic rings. The van der Waals surface area contributed by atoms with Gasteiger partial charge in [0.1, 0.15) is 11.4 Å². The summed E-state index contributed by atoms with van der Waals surface area (Å²) >= 11 is 0. The number of nitrogens with two attached hydrogens (primary N) is 1. The Hall–Kier alpha value is -2.66. The number of benzene rings is 2. The number of carbonyl (C=O) groups is 1. The summed E-state index contributed by atoms with van der Waals surface area (Å²) in [7, 11) is 0. The van der Waals surface area contributed by atoms with Crippen LogP contribution in [0.3, 0.4) is 0 Å². The van der Waals surface area contributed by atoms with Crippen molar-refractivity contribution in [2.45, 2.75) is 6.54 Å². The molecule has 0 bridgehead atoms. The number of carbonyl (C=O) groups excluding carboxylic acids is 1. The van der Waals surface area contributed by atoms with E-state index in [1.807, 2.05) is 18.2 Å². The Labute approximate surface area is 120 Å². The zero-order valence-electron chi connectivity index (χ0n) is 11.1. The Morgan fingerprint density at radius 1 is 1.19 bits per heavy atom. The van der Waals surface area contributed by atoms with Gasteiger partial charge < -0.3 is 15.5 Å². The fourth-order valence-electron chi connectivity index (χ4n) is 2.06. The molecule has 1 heterocycles. The second kappa shape index (κ2) is 5.38. The largest absolute Gasteiger partial charge is 0.451 e. The van der Waals surface area contributed by atoms with Gasteiger partial charge in [0.25, 0.3) is 5.91 Å². The van der Waals surface area contributed by atoms with Crippen LogP contribution < -0.4 is 11.1 Å². The second-order valence-electron chi connectivity index (χ2n) is 4.62. The van der Waals surface area contributed by atoms with Crippen LogP contribution in [0.25, 0.3) is 11.0 Å². The number of hydrogen-bond donors (Lipinski definition) is 2. The van der Waals surface area contributed by atoms with Gasteiger partial charge in [-0.15, -0.1) is 0 Å². The van der Waals surface area contributed by atoms with E-state index in [0.717, 1.165) is 5.39 Å². The summed E-state index contributed by atoms with van der Waals surface area (Å²) in [6.45, 7) is 0.245. The molecule has 106 valence electrons. The van der Waals surface area contributed by atoms with Gasteiger partial charge in [-0.2, -0.15) is 0 Å². The van der Waals surface area contributed by atoms with Crippen molar-refractivity contribution in [1.82, 2.24) is 0 Å². The molecule has 3 N–H and O–H groups in total. The van der Waals surface area contributed by atoms with Crippen molar-refractivity contribution in [3.8, 4) is 0 Å². The molecule has 0 aliphatic heterocycles. The number of rotatable bonds is 3. The molecule has 3 rings (SSSR count). The van der Waals surface area contributed by atoms with Crippen LogP contribution in [0.5, 0.6) is 0 Å². The topological polar surface area (TPSA) is 68.3 Å². The summed E-state index contributed by atoms with van der Waals surface area (Å²) in [5.41, 5.74) is 6.80. The van der Waals surface area contributed by atoms with Crippen LogP contribution in [0, 0.1) is 5.82 Å². The van der Waals surface area contributed by atoms with E-state index in [2.05, 4.69) is 5.32 Å². The number of para-hydroxylation sites is 1. The summed E-state index contributed by atoms with van der Waals surface area (Å²) in [5, 5.41) is 3.31. The molecule has 0 aliphatic carbocycles. The molecule has 21 heavy (non-hydrogen) atoms. The van der Waals surface area contributed by atoms with E-state index < -0.39 is 11.7 Å². The number of halogens is 1. The number of furan rings is 1. The predicted molar refractivity (Wildman–Crippen MR) is 78.5 cm³/mol. The molecule has 1 amide bonds. The molecule has 0 atom stereocenters. The molecule has 0 spiro atoms. The highest BCUT2D eigenvalue weighted by atomic mass is 19.1. The van der Waals surface area contributed by atoms with Gasteiger partial charge >= 0.3 is 0 Å². The zero-order chi connectivity index (χ0) is 14.8. The molecule has 0 saturated carbocycles. The highest BCUT2D eigenvalue weighted by Gasteiger charge is 2.14. The number of nitrogens with one attached hydrogen (secondary N) is 1. The maximum absolute atomic E-state index is 13.8. The van der Waals surface area contributed by atoms with Crippen molar-refractivity contribution in [2.75, 3.05) is 5.32 Å². The van der Waals surface area contributed by atoms with E-state index in [1.165, 1.54) is 12.1 Å². The lowest BCUT2D eigenvalue weighted by molar-refractivity contribution is 0.0998. The smallest absolute Gasteiger partial charge is 0.291 e. The molecule has 0 fully saturated rings. The Morgan fingerprint density at radius 3 is 2.71 bits per heavy atom. The maximum Gasteiger partial charge on any atom is 0.291 e. The maximum atomic E-state index is 13.8. The Morgan fingerprint density at radius 2 is 2.00 bits per heavy atom. The first kappa shape index (κ1) is 13.3. The minimum Gasteiger partial charge on any atom is -0.451 e. The molecule has 1 aromatic heterocycles. The number of fused-ring (bicyclic) bond motifs is 1. The van der Waals surface area contributed by atoms with Crippen molar-refractivity contribution < 1.29 is 13.6 Å². The van der Waals surface area contributed by atoms with Crippen molar-refractivity contribution in [3.05, 3.63) is 65.7 Å². The van der Waals surface area contributed by atoms with Gasteiger partial charge in [0, 0.05) is 11.9 Å². The summed E-state index contributed by atoms with van der Waals surface area (Å²) in [6, 6.07) is 13.3. The van der Waals surface area contributed by atoms with Crippen molar-refractivity contribution in [3.63, 3.8) is 0 Å². The zero-order valence-corrected chi connectivity index (χ0v) is 11.1. The molecular weight excluding hydrogens is 271 g/mol. The van der Waals surface area contributed by atoms with E-state index in [-0.39, 0.29) is 18.0 Å². The monoisotopic (exact) mass is 284 g/mol. The molecular formula is C16H13FN2O2.